The largest absolute Gasteiger partial charge is 0.322 e. The monoisotopic (exact) mass is 506 g/mol. The van der Waals surface area contributed by atoms with Gasteiger partial charge in [0.25, 0.3) is 0 Å². The molecule has 1 aromatic heterocycles. The molecule has 194 valence electrons. The highest BCUT2D eigenvalue weighted by Crippen LogP contribution is 2.42. The molecule has 0 aliphatic carbocycles. The van der Waals surface area contributed by atoms with E-state index in [4.69, 9.17) is 0 Å². The van der Waals surface area contributed by atoms with Crippen molar-refractivity contribution in [3.05, 3.63) is 114 Å². The van der Waals surface area contributed by atoms with E-state index in [0.29, 0.717) is 12.2 Å². The fourth-order valence-electron chi connectivity index (χ4n) is 5.01. The molecule has 1 N–H and O–H groups in total. The number of rotatable bonds is 7. The maximum absolute atomic E-state index is 14.2. The summed E-state index contributed by atoms with van der Waals surface area (Å²) in [5.41, 5.74) is 6.84. The zero-order valence-electron chi connectivity index (χ0n) is 22.2. The van der Waals surface area contributed by atoms with Crippen LogP contribution in [0, 0.1) is 13.8 Å². The van der Waals surface area contributed by atoms with Gasteiger partial charge in [-0.2, -0.15) is 0 Å². The van der Waals surface area contributed by atoms with E-state index in [1.165, 1.54) is 0 Å². The number of urea groups is 1. The van der Waals surface area contributed by atoms with E-state index in [1.54, 1.807) is 4.90 Å². The molecule has 0 saturated carbocycles. The van der Waals surface area contributed by atoms with Crippen LogP contribution in [0.5, 0.6) is 0 Å². The second-order valence-corrected chi connectivity index (χ2v) is 9.94. The molecule has 3 amide bonds. The first-order valence-electron chi connectivity index (χ1n) is 13.2. The lowest BCUT2D eigenvalue weighted by atomic mass is 9.97. The topological polar surface area (TPSA) is 57.6 Å². The Balaban J connectivity index is 1.49. The van der Waals surface area contributed by atoms with E-state index in [-0.39, 0.29) is 24.5 Å². The third-order valence-electron chi connectivity index (χ3n) is 7.08. The molecule has 0 saturated heterocycles. The molecule has 1 unspecified atom stereocenters. The third kappa shape index (κ3) is 5.07. The minimum absolute atomic E-state index is 0.0188. The first-order valence-corrected chi connectivity index (χ1v) is 13.2. The molecule has 1 aliphatic rings. The van der Waals surface area contributed by atoms with E-state index in [0.717, 1.165) is 46.6 Å². The highest BCUT2D eigenvalue weighted by molar-refractivity contribution is 6.01. The Morgan fingerprint density at radius 1 is 0.842 bits per heavy atom. The molecule has 0 spiro atoms. The van der Waals surface area contributed by atoms with Crippen molar-refractivity contribution < 1.29 is 9.59 Å². The number of benzene rings is 3. The highest BCUT2D eigenvalue weighted by atomic mass is 16.2. The Morgan fingerprint density at radius 2 is 1.50 bits per heavy atom. The van der Waals surface area contributed by atoms with Gasteiger partial charge in [-0.05, 0) is 62.2 Å². The number of para-hydroxylation sites is 2. The summed E-state index contributed by atoms with van der Waals surface area (Å²) in [6.07, 6.45) is 3.78. The lowest BCUT2D eigenvalue weighted by molar-refractivity contribution is -0.119. The smallest absolute Gasteiger partial charge is 0.316 e. The number of hydrogen-bond acceptors (Lipinski definition) is 2. The molecular formula is C32H34N4O2. The number of anilines is 2. The number of carbonyl (C=O) groups is 2. The van der Waals surface area contributed by atoms with Crippen LogP contribution in [0.2, 0.25) is 0 Å². The maximum Gasteiger partial charge on any atom is 0.322 e. The molecule has 1 atom stereocenters. The van der Waals surface area contributed by atoms with E-state index in [2.05, 4.69) is 54.1 Å². The Morgan fingerprint density at radius 3 is 2.18 bits per heavy atom. The molecule has 4 aromatic rings. The van der Waals surface area contributed by atoms with Crippen LogP contribution in [0.25, 0.3) is 5.69 Å². The third-order valence-corrected chi connectivity index (χ3v) is 7.08. The number of aromatic nitrogens is 1. The van der Waals surface area contributed by atoms with Gasteiger partial charge in [-0.1, -0.05) is 73.0 Å². The molecule has 1 aliphatic heterocycles. The Labute approximate surface area is 224 Å². The summed E-state index contributed by atoms with van der Waals surface area (Å²) >= 11 is 0. The molecule has 6 heteroatoms. The number of amides is 3. The normalized spacial score (nSPS) is 14.0. The molecule has 0 fully saturated rings. The predicted molar refractivity (Wildman–Crippen MR) is 153 cm³/mol. The van der Waals surface area contributed by atoms with Crippen LogP contribution in [0.15, 0.2) is 91.1 Å². The first kappa shape index (κ1) is 25.3. The number of carbonyl (C=O) groups excluding carboxylic acids is 2. The zero-order chi connectivity index (χ0) is 26.6. The highest BCUT2D eigenvalue weighted by Gasteiger charge is 2.36. The molecule has 5 rings (SSSR count). The lowest BCUT2D eigenvalue weighted by Crippen LogP contribution is -2.48. The fraction of sp³-hybridized carbons (Fsp3) is 0.250. The van der Waals surface area contributed by atoms with Gasteiger partial charge in [0.05, 0.1) is 17.1 Å². The van der Waals surface area contributed by atoms with Crippen molar-refractivity contribution >= 4 is 23.3 Å². The van der Waals surface area contributed by atoms with Crippen molar-refractivity contribution in [2.45, 2.75) is 39.7 Å². The van der Waals surface area contributed by atoms with E-state index < -0.39 is 0 Å². The van der Waals surface area contributed by atoms with Crippen molar-refractivity contribution in [3.8, 4) is 5.69 Å². The Bertz CT molecular complexity index is 1420. The van der Waals surface area contributed by atoms with Gasteiger partial charge in [0.15, 0.2) is 0 Å². The van der Waals surface area contributed by atoms with E-state index >= 15 is 0 Å². The fourth-order valence-corrected chi connectivity index (χ4v) is 5.01. The van der Waals surface area contributed by atoms with Crippen LogP contribution < -0.4 is 10.2 Å². The predicted octanol–water partition coefficient (Wildman–Crippen LogP) is 6.86. The van der Waals surface area contributed by atoms with Gasteiger partial charge >= 0.3 is 6.03 Å². The molecule has 0 radical (unpaired) electrons. The van der Waals surface area contributed by atoms with E-state index in [1.807, 2.05) is 72.6 Å². The molecule has 6 nitrogen and oxygen atoms in total. The van der Waals surface area contributed by atoms with Crippen LogP contribution in [0.4, 0.5) is 16.2 Å². The number of hydrogen-bond donors (Lipinski definition) is 1. The Hall–Kier alpha value is -4.32. The van der Waals surface area contributed by atoms with Gasteiger partial charge in [-0.25, -0.2) is 4.79 Å². The average molecular weight is 507 g/mol. The second-order valence-electron chi connectivity index (χ2n) is 9.94. The van der Waals surface area contributed by atoms with Gasteiger partial charge in [0.1, 0.15) is 12.6 Å². The van der Waals surface area contributed by atoms with E-state index in [9.17, 15) is 9.59 Å². The van der Waals surface area contributed by atoms with Gasteiger partial charge in [0, 0.05) is 18.4 Å². The van der Waals surface area contributed by atoms with Gasteiger partial charge in [-0.15, -0.1) is 0 Å². The van der Waals surface area contributed by atoms with Crippen molar-refractivity contribution in [2.75, 3.05) is 23.3 Å². The standard InChI is InChI=1S/C32H34N4O2/c1-4-5-20-34(32(38)33-26-18-14-24(3)15-19-26)22-30(37)36-28-10-7-6-9-27(28)35-21-8-11-29(35)31(36)25-16-12-23(2)13-17-25/h6-19,21,31H,4-5,20,22H2,1-3H3,(H,33,38). The summed E-state index contributed by atoms with van der Waals surface area (Å²) in [5, 5.41) is 2.98. The minimum Gasteiger partial charge on any atom is -0.316 e. The lowest BCUT2D eigenvalue weighted by Gasteiger charge is -2.39. The minimum atomic E-state index is -0.304. The van der Waals surface area contributed by atoms with Crippen molar-refractivity contribution in [1.82, 2.24) is 9.47 Å². The average Bonchev–Trinajstić information content (AvgIpc) is 3.42. The number of fused-ring (bicyclic) bond motifs is 3. The maximum atomic E-state index is 14.2. The van der Waals surface area contributed by atoms with Gasteiger partial charge < -0.3 is 14.8 Å². The van der Waals surface area contributed by atoms with Crippen LogP contribution in [0.3, 0.4) is 0 Å². The second kappa shape index (κ2) is 11.0. The van der Waals surface area contributed by atoms with Crippen LogP contribution >= 0.6 is 0 Å². The van der Waals surface area contributed by atoms with Crippen LogP contribution in [-0.4, -0.2) is 34.5 Å². The van der Waals surface area contributed by atoms with Gasteiger partial charge in [0.2, 0.25) is 5.91 Å². The zero-order valence-corrected chi connectivity index (χ0v) is 22.2. The first-order chi connectivity index (χ1) is 18.5. The summed E-state index contributed by atoms with van der Waals surface area (Å²) in [6.45, 7) is 6.63. The quantitative estimate of drug-likeness (QED) is 0.298. The summed E-state index contributed by atoms with van der Waals surface area (Å²) in [7, 11) is 0. The molecule has 0 bridgehead atoms. The van der Waals surface area contributed by atoms with Crippen molar-refractivity contribution in [2.24, 2.45) is 0 Å². The van der Waals surface area contributed by atoms with Crippen LogP contribution in [0.1, 0.15) is 48.2 Å². The number of nitrogens with zero attached hydrogens (tertiary/aromatic N) is 3. The molecule has 38 heavy (non-hydrogen) atoms. The van der Waals surface area contributed by atoms with Crippen molar-refractivity contribution in [3.63, 3.8) is 0 Å². The van der Waals surface area contributed by atoms with Crippen LogP contribution in [-0.2, 0) is 4.79 Å². The van der Waals surface area contributed by atoms with Crippen molar-refractivity contribution in [1.29, 1.82) is 0 Å². The Kier molecular flexibility index (Phi) is 7.31. The molecular weight excluding hydrogens is 472 g/mol. The summed E-state index contributed by atoms with van der Waals surface area (Å²) in [6, 6.07) is 27.5. The van der Waals surface area contributed by atoms with Gasteiger partial charge in [-0.3, -0.25) is 9.69 Å². The SMILES string of the molecule is CCCCN(CC(=O)N1c2ccccc2-n2cccc2C1c1ccc(C)cc1)C(=O)Nc1ccc(C)cc1. The summed E-state index contributed by atoms with van der Waals surface area (Å²) in [5.74, 6) is -0.120. The molecule has 2 heterocycles. The number of aryl methyl sites for hydroxylation is 2. The number of nitrogens with one attached hydrogen (secondary N) is 1. The summed E-state index contributed by atoms with van der Waals surface area (Å²) < 4.78 is 2.16. The molecule has 3 aromatic carbocycles. The summed E-state index contributed by atoms with van der Waals surface area (Å²) in [4.78, 5) is 31.1. The number of unbranched alkanes of at least 4 members (excludes halogenated alkanes) is 1.